The molecule has 3 unspecified atom stereocenters. The number of aliphatic hydroxyl groups is 1. The summed E-state index contributed by atoms with van der Waals surface area (Å²) in [6, 6.07) is 8.07. The molecule has 1 fully saturated rings. The Balaban J connectivity index is 2.18. The first-order valence-electron chi connectivity index (χ1n) is 6.09. The second-order valence-electron chi connectivity index (χ2n) is 4.57. The van der Waals surface area contributed by atoms with E-state index in [1.807, 2.05) is 18.2 Å². The van der Waals surface area contributed by atoms with Crippen molar-refractivity contribution in [3.8, 4) is 0 Å². The van der Waals surface area contributed by atoms with Crippen LogP contribution in [-0.4, -0.2) is 17.8 Å². The van der Waals surface area contributed by atoms with E-state index in [2.05, 4.69) is 19.9 Å². The molecule has 0 radical (unpaired) electrons. The van der Waals surface area contributed by atoms with E-state index in [0.29, 0.717) is 0 Å². The van der Waals surface area contributed by atoms with E-state index in [4.69, 9.17) is 4.74 Å². The summed E-state index contributed by atoms with van der Waals surface area (Å²) < 4.78 is 5.64. The normalized spacial score (nSPS) is 26.9. The number of hydrogen-bond acceptors (Lipinski definition) is 2. The van der Waals surface area contributed by atoms with E-state index in [9.17, 15) is 5.11 Å². The second kappa shape index (κ2) is 4.98. The minimum Gasteiger partial charge on any atom is -0.388 e. The summed E-state index contributed by atoms with van der Waals surface area (Å²) in [7, 11) is 0. The van der Waals surface area contributed by atoms with Crippen LogP contribution in [-0.2, 0) is 4.74 Å². The maximum atomic E-state index is 10.4. The fourth-order valence-electron chi connectivity index (χ4n) is 2.60. The lowest BCUT2D eigenvalue weighted by atomic mass is 9.87. The molecule has 0 saturated carbocycles. The fourth-order valence-corrected chi connectivity index (χ4v) is 2.60. The van der Waals surface area contributed by atoms with Gasteiger partial charge < -0.3 is 9.84 Å². The first-order valence-corrected chi connectivity index (χ1v) is 6.09. The van der Waals surface area contributed by atoms with E-state index in [1.165, 1.54) is 0 Å². The lowest BCUT2D eigenvalue weighted by Crippen LogP contribution is -2.22. The molecule has 1 aliphatic heterocycles. The quantitative estimate of drug-likeness (QED) is 0.848. The largest absolute Gasteiger partial charge is 0.388 e. The van der Waals surface area contributed by atoms with Crippen LogP contribution >= 0.6 is 0 Å². The molecule has 1 aliphatic rings. The van der Waals surface area contributed by atoms with Crippen molar-refractivity contribution < 1.29 is 9.84 Å². The van der Waals surface area contributed by atoms with Crippen molar-refractivity contribution in [1.29, 1.82) is 0 Å². The first-order chi connectivity index (χ1) is 7.74. The standard InChI is InChI=1S/C14H20O2/c1-3-13-12(8-9-16-13)14(15)11-7-5-4-6-10(11)2/h4-7,12-15H,3,8-9H2,1-2H3. The lowest BCUT2D eigenvalue weighted by molar-refractivity contribution is 0.0305. The summed E-state index contributed by atoms with van der Waals surface area (Å²) in [6.07, 6.45) is 1.78. The summed E-state index contributed by atoms with van der Waals surface area (Å²) in [6.45, 7) is 4.95. The molecule has 1 heterocycles. The Morgan fingerprint density at radius 1 is 1.44 bits per heavy atom. The molecular weight excluding hydrogens is 200 g/mol. The summed E-state index contributed by atoms with van der Waals surface area (Å²) >= 11 is 0. The second-order valence-corrected chi connectivity index (χ2v) is 4.57. The molecule has 88 valence electrons. The van der Waals surface area contributed by atoms with Crippen molar-refractivity contribution in [2.75, 3.05) is 6.61 Å². The van der Waals surface area contributed by atoms with Crippen LogP contribution in [0.25, 0.3) is 0 Å². The Bertz CT molecular complexity index is 348. The SMILES string of the molecule is CCC1OCCC1C(O)c1ccccc1C. The monoisotopic (exact) mass is 220 g/mol. The molecule has 0 aromatic heterocycles. The number of ether oxygens (including phenoxy) is 1. The average molecular weight is 220 g/mol. The number of aryl methyl sites for hydroxylation is 1. The van der Waals surface area contributed by atoms with Crippen LogP contribution in [0, 0.1) is 12.8 Å². The Morgan fingerprint density at radius 3 is 2.88 bits per heavy atom. The van der Waals surface area contributed by atoms with E-state index in [1.54, 1.807) is 0 Å². The fraction of sp³-hybridized carbons (Fsp3) is 0.571. The Kier molecular flexibility index (Phi) is 3.62. The highest BCUT2D eigenvalue weighted by Crippen LogP contribution is 2.35. The van der Waals surface area contributed by atoms with Gasteiger partial charge in [-0.1, -0.05) is 31.2 Å². The van der Waals surface area contributed by atoms with Gasteiger partial charge in [0.1, 0.15) is 0 Å². The van der Waals surface area contributed by atoms with Gasteiger partial charge in [0.2, 0.25) is 0 Å². The molecule has 1 saturated heterocycles. The van der Waals surface area contributed by atoms with Gasteiger partial charge in [-0.2, -0.15) is 0 Å². The zero-order valence-electron chi connectivity index (χ0n) is 10.0. The van der Waals surface area contributed by atoms with Crippen LogP contribution < -0.4 is 0 Å². The highest BCUT2D eigenvalue weighted by molar-refractivity contribution is 5.28. The van der Waals surface area contributed by atoms with Crippen LogP contribution in [0.3, 0.4) is 0 Å². The Morgan fingerprint density at radius 2 is 2.19 bits per heavy atom. The van der Waals surface area contributed by atoms with Gasteiger partial charge >= 0.3 is 0 Å². The van der Waals surface area contributed by atoms with Crippen molar-refractivity contribution in [1.82, 2.24) is 0 Å². The predicted octanol–water partition coefficient (Wildman–Crippen LogP) is 2.84. The third-order valence-electron chi connectivity index (χ3n) is 3.58. The molecule has 2 heteroatoms. The van der Waals surface area contributed by atoms with Gasteiger partial charge in [0, 0.05) is 12.5 Å². The molecule has 0 aliphatic carbocycles. The maximum absolute atomic E-state index is 10.4. The molecule has 0 amide bonds. The van der Waals surface area contributed by atoms with Gasteiger partial charge in [-0.25, -0.2) is 0 Å². The van der Waals surface area contributed by atoms with Crippen molar-refractivity contribution in [3.05, 3.63) is 35.4 Å². The Hall–Kier alpha value is -0.860. The minimum absolute atomic E-state index is 0.217. The van der Waals surface area contributed by atoms with E-state index >= 15 is 0 Å². The zero-order valence-corrected chi connectivity index (χ0v) is 10.0. The number of hydrogen-bond donors (Lipinski definition) is 1. The third-order valence-corrected chi connectivity index (χ3v) is 3.58. The number of aliphatic hydroxyl groups excluding tert-OH is 1. The topological polar surface area (TPSA) is 29.5 Å². The van der Waals surface area contributed by atoms with Gasteiger partial charge in [0.05, 0.1) is 12.2 Å². The average Bonchev–Trinajstić information content (AvgIpc) is 2.77. The van der Waals surface area contributed by atoms with Gasteiger partial charge in [-0.3, -0.25) is 0 Å². The molecule has 1 N–H and O–H groups in total. The van der Waals surface area contributed by atoms with E-state index < -0.39 is 0 Å². The van der Waals surface area contributed by atoms with Crippen LogP contribution in [0.1, 0.15) is 37.0 Å². The third kappa shape index (κ3) is 2.13. The van der Waals surface area contributed by atoms with Crippen LogP contribution in [0.2, 0.25) is 0 Å². The lowest BCUT2D eigenvalue weighted by Gasteiger charge is -2.24. The summed E-state index contributed by atoms with van der Waals surface area (Å²) in [5, 5.41) is 10.4. The highest BCUT2D eigenvalue weighted by atomic mass is 16.5. The molecule has 2 rings (SSSR count). The van der Waals surface area contributed by atoms with Crippen molar-refractivity contribution in [2.45, 2.75) is 38.9 Å². The minimum atomic E-state index is -0.381. The summed E-state index contributed by atoms with van der Waals surface area (Å²) in [5.74, 6) is 0.256. The molecule has 16 heavy (non-hydrogen) atoms. The van der Waals surface area contributed by atoms with Crippen LogP contribution in [0.4, 0.5) is 0 Å². The molecule has 2 nitrogen and oxygen atoms in total. The molecule has 3 atom stereocenters. The highest BCUT2D eigenvalue weighted by Gasteiger charge is 2.33. The summed E-state index contributed by atoms with van der Waals surface area (Å²) in [5.41, 5.74) is 2.22. The van der Waals surface area contributed by atoms with Crippen LogP contribution in [0.5, 0.6) is 0 Å². The number of rotatable bonds is 3. The van der Waals surface area contributed by atoms with Crippen molar-refractivity contribution in [3.63, 3.8) is 0 Å². The van der Waals surface area contributed by atoms with Crippen LogP contribution in [0.15, 0.2) is 24.3 Å². The first kappa shape index (κ1) is 11.6. The predicted molar refractivity (Wildman–Crippen MR) is 64.3 cm³/mol. The Labute approximate surface area is 97.3 Å². The molecule has 0 bridgehead atoms. The maximum Gasteiger partial charge on any atom is 0.0846 e. The van der Waals surface area contributed by atoms with E-state index in [0.717, 1.165) is 30.6 Å². The molecule has 1 aromatic rings. The number of benzene rings is 1. The molecule has 0 spiro atoms. The van der Waals surface area contributed by atoms with Gasteiger partial charge in [-0.05, 0) is 30.9 Å². The van der Waals surface area contributed by atoms with E-state index in [-0.39, 0.29) is 18.1 Å². The molecule has 1 aromatic carbocycles. The van der Waals surface area contributed by atoms with Gasteiger partial charge in [0.15, 0.2) is 0 Å². The van der Waals surface area contributed by atoms with Gasteiger partial charge in [-0.15, -0.1) is 0 Å². The van der Waals surface area contributed by atoms with Crippen molar-refractivity contribution in [2.24, 2.45) is 5.92 Å². The summed E-state index contributed by atoms with van der Waals surface area (Å²) in [4.78, 5) is 0. The smallest absolute Gasteiger partial charge is 0.0846 e. The zero-order chi connectivity index (χ0) is 11.5. The molecular formula is C14H20O2. The van der Waals surface area contributed by atoms with Gasteiger partial charge in [0.25, 0.3) is 0 Å². The van der Waals surface area contributed by atoms with Crippen molar-refractivity contribution >= 4 is 0 Å².